The number of primary amides is 1. The second-order valence-corrected chi connectivity index (χ2v) is 8.30. The zero-order valence-corrected chi connectivity index (χ0v) is 16.9. The lowest BCUT2D eigenvalue weighted by Gasteiger charge is -2.31. The predicted molar refractivity (Wildman–Crippen MR) is 111 cm³/mol. The molecule has 7 nitrogen and oxygen atoms in total. The molecule has 152 valence electrons. The fraction of sp³-hybridized carbons (Fsp3) is 0.381. The number of ether oxygens (including phenoxy) is 1. The van der Waals surface area contributed by atoms with Crippen LogP contribution in [0.25, 0.3) is 0 Å². The Labute approximate surface area is 174 Å². The van der Waals surface area contributed by atoms with E-state index in [1.54, 1.807) is 22.9 Å². The van der Waals surface area contributed by atoms with Crippen molar-refractivity contribution in [3.63, 3.8) is 0 Å². The molecular formula is C21H24N4O3S. The molecule has 4 rings (SSSR count). The Kier molecular flexibility index (Phi) is 6.01. The van der Waals surface area contributed by atoms with Crippen LogP contribution in [0, 0.1) is 5.92 Å². The van der Waals surface area contributed by atoms with E-state index in [1.165, 1.54) is 0 Å². The van der Waals surface area contributed by atoms with E-state index in [0.29, 0.717) is 12.4 Å². The zero-order chi connectivity index (χ0) is 20.2. The molecule has 1 saturated heterocycles. The Morgan fingerprint density at radius 2 is 1.90 bits per heavy atom. The van der Waals surface area contributed by atoms with Crippen LogP contribution >= 0.6 is 11.8 Å². The highest BCUT2D eigenvalue weighted by Gasteiger charge is 2.30. The predicted octanol–water partition coefficient (Wildman–Crippen LogP) is 3.41. The van der Waals surface area contributed by atoms with Crippen molar-refractivity contribution in [1.82, 2.24) is 9.88 Å². The first-order chi connectivity index (χ1) is 14.1. The molecule has 2 aliphatic rings. The molecule has 2 amide bonds. The van der Waals surface area contributed by atoms with Crippen LogP contribution < -0.4 is 10.6 Å². The number of aromatic nitrogens is 1. The lowest BCUT2D eigenvalue weighted by atomic mass is 9.96. The van der Waals surface area contributed by atoms with Gasteiger partial charge < -0.3 is 15.4 Å². The molecule has 0 unspecified atom stereocenters. The lowest BCUT2D eigenvalue weighted by Crippen LogP contribution is -2.39. The number of piperidine rings is 1. The van der Waals surface area contributed by atoms with Crippen LogP contribution in [0.4, 0.5) is 16.3 Å². The molecule has 8 heteroatoms. The lowest BCUT2D eigenvalue weighted by molar-refractivity contribution is -0.123. The number of rotatable bonds is 5. The van der Waals surface area contributed by atoms with Gasteiger partial charge in [-0.2, -0.15) is 0 Å². The van der Waals surface area contributed by atoms with Gasteiger partial charge in [0.25, 0.3) is 0 Å². The Hall–Kier alpha value is -2.58. The van der Waals surface area contributed by atoms with E-state index < -0.39 is 6.09 Å². The molecular weight excluding hydrogens is 388 g/mol. The number of pyridine rings is 1. The van der Waals surface area contributed by atoms with Gasteiger partial charge in [-0.15, -0.1) is 0 Å². The molecule has 3 heterocycles. The van der Waals surface area contributed by atoms with Crippen molar-refractivity contribution in [1.29, 1.82) is 0 Å². The van der Waals surface area contributed by atoms with Gasteiger partial charge >= 0.3 is 6.09 Å². The summed E-state index contributed by atoms with van der Waals surface area (Å²) in [5.41, 5.74) is 6.17. The maximum Gasteiger partial charge on any atom is 0.420 e. The van der Waals surface area contributed by atoms with E-state index in [-0.39, 0.29) is 11.8 Å². The number of likely N-dealkylation sites (tertiary alicyclic amines) is 1. The van der Waals surface area contributed by atoms with E-state index >= 15 is 0 Å². The number of fused-ring (bicyclic) bond motifs is 2. The average Bonchev–Trinajstić information content (AvgIpc) is 2.75. The molecule has 2 N–H and O–H groups in total. The summed E-state index contributed by atoms with van der Waals surface area (Å²) >= 11 is 1.60. The first-order valence-electron chi connectivity index (χ1n) is 9.84. The monoisotopic (exact) mass is 412 g/mol. The summed E-state index contributed by atoms with van der Waals surface area (Å²) in [7, 11) is 0. The van der Waals surface area contributed by atoms with Crippen LogP contribution in [0.3, 0.4) is 0 Å². The topological polar surface area (TPSA) is 88.8 Å². The van der Waals surface area contributed by atoms with E-state index in [1.807, 2.05) is 36.4 Å². The first kappa shape index (κ1) is 19.7. The molecule has 0 saturated carbocycles. The molecule has 0 radical (unpaired) electrons. The van der Waals surface area contributed by atoms with Crippen LogP contribution in [-0.4, -0.2) is 48.1 Å². The highest BCUT2D eigenvalue weighted by Crippen LogP contribution is 2.46. The number of hydrogen-bond donors (Lipinski definition) is 1. The van der Waals surface area contributed by atoms with E-state index in [2.05, 4.69) is 9.88 Å². The van der Waals surface area contributed by atoms with Gasteiger partial charge in [-0.3, -0.25) is 4.79 Å². The normalized spacial score (nSPS) is 16.8. The van der Waals surface area contributed by atoms with Crippen LogP contribution in [0.5, 0.6) is 0 Å². The van der Waals surface area contributed by atoms with Crippen molar-refractivity contribution in [2.75, 3.05) is 31.1 Å². The maximum absolute atomic E-state index is 12.9. The highest BCUT2D eigenvalue weighted by atomic mass is 32.2. The SMILES string of the molecule is NC(=O)C1CCN(CCCOC(=O)N2c3ccccc3Sc3cccnc32)CC1. The second kappa shape index (κ2) is 8.84. The molecule has 0 atom stereocenters. The number of hydrogen-bond acceptors (Lipinski definition) is 6. The number of para-hydroxylation sites is 1. The third-order valence-electron chi connectivity index (χ3n) is 5.31. The van der Waals surface area contributed by atoms with Gasteiger partial charge in [-0.05, 0) is 56.6 Å². The van der Waals surface area contributed by atoms with Crippen LogP contribution in [0.2, 0.25) is 0 Å². The van der Waals surface area contributed by atoms with E-state index in [4.69, 9.17) is 10.5 Å². The zero-order valence-electron chi connectivity index (χ0n) is 16.1. The summed E-state index contributed by atoms with van der Waals surface area (Å²) in [6.45, 7) is 2.88. The van der Waals surface area contributed by atoms with E-state index in [9.17, 15) is 9.59 Å². The Balaban J connectivity index is 1.33. The van der Waals surface area contributed by atoms with Gasteiger partial charge in [0.2, 0.25) is 5.91 Å². The molecule has 1 fully saturated rings. The second-order valence-electron chi connectivity index (χ2n) is 7.22. The van der Waals surface area contributed by atoms with E-state index in [0.717, 1.165) is 54.4 Å². The largest absolute Gasteiger partial charge is 0.449 e. The highest BCUT2D eigenvalue weighted by molar-refractivity contribution is 7.99. The Morgan fingerprint density at radius 1 is 1.14 bits per heavy atom. The molecule has 0 bridgehead atoms. The van der Waals surface area contributed by atoms with Crippen molar-refractivity contribution in [2.45, 2.75) is 29.1 Å². The number of benzene rings is 1. The fourth-order valence-electron chi connectivity index (χ4n) is 3.73. The summed E-state index contributed by atoms with van der Waals surface area (Å²) in [5, 5.41) is 0. The number of carbonyl (C=O) groups excluding carboxylic acids is 2. The van der Waals surface area contributed by atoms with Crippen molar-refractivity contribution < 1.29 is 14.3 Å². The van der Waals surface area contributed by atoms with Gasteiger partial charge in [0.05, 0.1) is 17.2 Å². The average molecular weight is 413 g/mol. The van der Waals surface area contributed by atoms with Gasteiger partial charge in [0.15, 0.2) is 5.82 Å². The summed E-state index contributed by atoms with van der Waals surface area (Å²) in [5.74, 6) is 0.399. The van der Waals surface area contributed by atoms with Gasteiger partial charge in [0, 0.05) is 23.6 Å². The Morgan fingerprint density at radius 3 is 2.69 bits per heavy atom. The number of amides is 2. The smallest absolute Gasteiger partial charge is 0.420 e. The van der Waals surface area contributed by atoms with Crippen LogP contribution in [0.15, 0.2) is 52.4 Å². The van der Waals surface area contributed by atoms with Crippen molar-refractivity contribution >= 4 is 35.3 Å². The molecule has 1 aromatic heterocycles. The van der Waals surface area contributed by atoms with Crippen LogP contribution in [0.1, 0.15) is 19.3 Å². The summed E-state index contributed by atoms with van der Waals surface area (Å²) in [4.78, 5) is 34.3. The summed E-state index contributed by atoms with van der Waals surface area (Å²) in [6.07, 6.45) is 3.63. The first-order valence-corrected chi connectivity index (χ1v) is 10.7. The van der Waals surface area contributed by atoms with Crippen molar-refractivity contribution in [3.8, 4) is 0 Å². The van der Waals surface area contributed by atoms with Gasteiger partial charge in [-0.25, -0.2) is 14.7 Å². The number of nitrogens with zero attached hydrogens (tertiary/aromatic N) is 3. The standard InChI is InChI=1S/C21H24N4O3S/c22-19(26)15-8-12-24(13-9-15)11-4-14-28-21(27)25-16-5-1-2-6-17(16)29-18-7-3-10-23-20(18)25/h1-3,5-7,10,15H,4,8-9,11-14H2,(H2,22,26). The fourth-order valence-corrected chi connectivity index (χ4v) is 4.76. The quantitative estimate of drug-likeness (QED) is 0.757. The van der Waals surface area contributed by atoms with Crippen LogP contribution in [-0.2, 0) is 9.53 Å². The maximum atomic E-state index is 12.9. The molecule has 0 spiro atoms. The molecule has 29 heavy (non-hydrogen) atoms. The van der Waals surface area contributed by atoms with Gasteiger partial charge in [-0.1, -0.05) is 23.9 Å². The third-order valence-corrected chi connectivity index (χ3v) is 6.41. The minimum atomic E-state index is -0.412. The molecule has 0 aliphatic carbocycles. The summed E-state index contributed by atoms with van der Waals surface area (Å²) in [6, 6.07) is 11.6. The Bertz CT molecular complexity index is 853. The summed E-state index contributed by atoms with van der Waals surface area (Å²) < 4.78 is 5.58. The number of anilines is 2. The molecule has 2 aromatic rings. The number of nitrogens with two attached hydrogens (primary N) is 1. The molecule has 1 aromatic carbocycles. The van der Waals surface area contributed by atoms with Gasteiger partial charge in [0.1, 0.15) is 0 Å². The number of carbonyl (C=O) groups is 2. The minimum absolute atomic E-state index is 0.00585. The minimum Gasteiger partial charge on any atom is -0.449 e. The molecule has 2 aliphatic heterocycles. The third kappa shape index (κ3) is 4.38. The van der Waals surface area contributed by atoms with Crippen molar-refractivity contribution in [2.24, 2.45) is 11.7 Å². The van der Waals surface area contributed by atoms with Crippen molar-refractivity contribution in [3.05, 3.63) is 42.6 Å².